The highest BCUT2D eigenvalue weighted by Gasteiger charge is 2.15. The zero-order valence-electron chi connectivity index (χ0n) is 12.7. The van der Waals surface area contributed by atoms with Gasteiger partial charge in [0.25, 0.3) is 0 Å². The Bertz CT molecular complexity index is 732. The maximum atomic E-state index is 5.50. The fraction of sp³-hybridized carbons (Fsp3) is 0.235. The number of nitrogens with zero attached hydrogens (tertiary/aromatic N) is 2. The molecule has 0 saturated heterocycles. The van der Waals surface area contributed by atoms with Crippen molar-refractivity contribution in [2.75, 3.05) is 14.2 Å². The van der Waals surface area contributed by atoms with Crippen LogP contribution in [-0.4, -0.2) is 23.8 Å². The summed E-state index contributed by atoms with van der Waals surface area (Å²) in [5.74, 6) is 3.19. The third-order valence-electron chi connectivity index (χ3n) is 3.54. The number of furan rings is 1. The lowest BCUT2D eigenvalue weighted by Gasteiger charge is -2.13. The maximum Gasteiger partial charge on any atom is 0.171 e. The van der Waals surface area contributed by atoms with Gasteiger partial charge in [0.05, 0.1) is 26.0 Å². The van der Waals surface area contributed by atoms with E-state index in [0.717, 1.165) is 30.1 Å². The highest BCUT2D eigenvalue weighted by molar-refractivity contribution is 5.69. The Hall–Kier alpha value is -2.69. The maximum absolute atomic E-state index is 5.50. The molecule has 0 aliphatic rings. The normalized spacial score (nSPS) is 10.6. The Balaban J connectivity index is 1.91. The minimum Gasteiger partial charge on any atom is -0.493 e. The van der Waals surface area contributed by atoms with E-state index in [-0.39, 0.29) is 0 Å². The zero-order valence-corrected chi connectivity index (χ0v) is 12.7. The second kappa shape index (κ2) is 6.39. The smallest absolute Gasteiger partial charge is 0.171 e. The SMILES string of the molecule is COc1cccc(-c2nccn2CCc2ccco2)c1OC. The molecule has 0 radical (unpaired) electrons. The number of aromatic nitrogens is 2. The minimum atomic E-state index is 0.690. The van der Waals surface area contributed by atoms with E-state index in [1.807, 2.05) is 36.5 Å². The number of ether oxygens (including phenoxy) is 2. The van der Waals surface area contributed by atoms with Crippen LogP contribution >= 0.6 is 0 Å². The second-order valence-electron chi connectivity index (χ2n) is 4.81. The van der Waals surface area contributed by atoms with Crippen LogP contribution in [0.3, 0.4) is 0 Å². The summed E-state index contributed by atoms with van der Waals surface area (Å²) in [6.07, 6.45) is 6.24. The van der Waals surface area contributed by atoms with Gasteiger partial charge in [0.1, 0.15) is 11.6 Å². The number of rotatable bonds is 6. The van der Waals surface area contributed by atoms with Crippen molar-refractivity contribution in [3.63, 3.8) is 0 Å². The lowest BCUT2D eigenvalue weighted by atomic mass is 10.1. The summed E-state index contributed by atoms with van der Waals surface area (Å²) in [5.41, 5.74) is 0.909. The van der Waals surface area contributed by atoms with Gasteiger partial charge in [0.15, 0.2) is 11.5 Å². The average Bonchev–Trinajstić information content (AvgIpc) is 3.23. The standard InChI is InChI=1S/C17H18N2O3/c1-20-15-7-3-6-14(16(15)21-2)17-18-9-11-19(17)10-8-13-5-4-12-22-13/h3-7,9,11-12H,8,10H2,1-2H3. The molecule has 22 heavy (non-hydrogen) atoms. The first kappa shape index (κ1) is 14.3. The molecule has 5 heteroatoms. The van der Waals surface area contributed by atoms with Gasteiger partial charge in [-0.2, -0.15) is 0 Å². The Morgan fingerprint density at radius 3 is 2.77 bits per heavy atom. The molecular formula is C17H18N2O3. The minimum absolute atomic E-state index is 0.690. The molecule has 0 aliphatic heterocycles. The number of para-hydroxylation sites is 1. The third kappa shape index (κ3) is 2.70. The number of imidazole rings is 1. The largest absolute Gasteiger partial charge is 0.493 e. The average molecular weight is 298 g/mol. The molecule has 2 aromatic heterocycles. The van der Waals surface area contributed by atoms with Crippen LogP contribution in [0, 0.1) is 0 Å². The Morgan fingerprint density at radius 2 is 2.05 bits per heavy atom. The predicted molar refractivity (Wildman–Crippen MR) is 83.2 cm³/mol. The summed E-state index contributed by atoms with van der Waals surface area (Å²) in [5, 5.41) is 0. The highest BCUT2D eigenvalue weighted by Crippen LogP contribution is 2.37. The molecule has 0 bridgehead atoms. The van der Waals surface area contributed by atoms with Crippen LogP contribution in [-0.2, 0) is 13.0 Å². The fourth-order valence-corrected chi connectivity index (χ4v) is 2.48. The van der Waals surface area contributed by atoms with Crippen molar-refractivity contribution >= 4 is 0 Å². The molecule has 5 nitrogen and oxygen atoms in total. The molecule has 0 unspecified atom stereocenters. The molecule has 114 valence electrons. The molecule has 0 saturated carbocycles. The summed E-state index contributed by atoms with van der Waals surface area (Å²) < 4.78 is 18.3. The van der Waals surface area contributed by atoms with Crippen molar-refractivity contribution in [3.8, 4) is 22.9 Å². The molecule has 3 rings (SSSR count). The van der Waals surface area contributed by atoms with E-state index in [9.17, 15) is 0 Å². The van der Waals surface area contributed by atoms with Crippen molar-refractivity contribution in [2.45, 2.75) is 13.0 Å². The van der Waals surface area contributed by atoms with Crippen LogP contribution < -0.4 is 9.47 Å². The van der Waals surface area contributed by atoms with E-state index in [4.69, 9.17) is 13.9 Å². The first-order valence-corrected chi connectivity index (χ1v) is 7.08. The molecule has 0 spiro atoms. The summed E-state index contributed by atoms with van der Waals surface area (Å²) >= 11 is 0. The van der Waals surface area contributed by atoms with E-state index in [1.54, 1.807) is 26.7 Å². The van der Waals surface area contributed by atoms with E-state index in [1.165, 1.54) is 0 Å². The van der Waals surface area contributed by atoms with E-state index in [2.05, 4.69) is 9.55 Å². The number of hydrogen-bond acceptors (Lipinski definition) is 4. The van der Waals surface area contributed by atoms with Crippen molar-refractivity contribution in [1.82, 2.24) is 9.55 Å². The van der Waals surface area contributed by atoms with Gasteiger partial charge >= 0.3 is 0 Å². The van der Waals surface area contributed by atoms with Gasteiger partial charge in [0, 0.05) is 25.4 Å². The highest BCUT2D eigenvalue weighted by atomic mass is 16.5. The predicted octanol–water partition coefficient (Wildman–Crippen LogP) is 3.40. The first-order valence-electron chi connectivity index (χ1n) is 7.08. The molecular weight excluding hydrogens is 280 g/mol. The van der Waals surface area contributed by atoms with Crippen molar-refractivity contribution in [2.24, 2.45) is 0 Å². The fourth-order valence-electron chi connectivity index (χ4n) is 2.48. The Morgan fingerprint density at radius 1 is 1.14 bits per heavy atom. The quantitative estimate of drug-likeness (QED) is 0.700. The zero-order chi connectivity index (χ0) is 15.4. The number of benzene rings is 1. The molecule has 1 aromatic carbocycles. The summed E-state index contributed by atoms with van der Waals surface area (Å²) in [6, 6.07) is 9.66. The molecule has 2 heterocycles. The first-order chi connectivity index (χ1) is 10.8. The van der Waals surface area contributed by atoms with Crippen LogP contribution in [0.15, 0.2) is 53.4 Å². The Labute approximate surface area is 129 Å². The molecule has 0 atom stereocenters. The van der Waals surface area contributed by atoms with Gasteiger partial charge in [-0.25, -0.2) is 4.98 Å². The van der Waals surface area contributed by atoms with Crippen LogP contribution in [0.1, 0.15) is 5.76 Å². The van der Waals surface area contributed by atoms with Gasteiger partial charge in [-0.3, -0.25) is 0 Å². The van der Waals surface area contributed by atoms with Gasteiger partial charge in [0.2, 0.25) is 0 Å². The van der Waals surface area contributed by atoms with Crippen LogP contribution in [0.2, 0.25) is 0 Å². The van der Waals surface area contributed by atoms with Gasteiger partial charge < -0.3 is 18.5 Å². The lowest BCUT2D eigenvalue weighted by molar-refractivity contribution is 0.356. The van der Waals surface area contributed by atoms with Gasteiger partial charge in [-0.05, 0) is 24.3 Å². The topological polar surface area (TPSA) is 49.4 Å². The number of hydrogen-bond donors (Lipinski definition) is 0. The Kier molecular flexibility index (Phi) is 4.14. The second-order valence-corrected chi connectivity index (χ2v) is 4.81. The van der Waals surface area contributed by atoms with Gasteiger partial charge in [-0.15, -0.1) is 0 Å². The summed E-state index contributed by atoms with van der Waals surface area (Å²) in [7, 11) is 3.27. The van der Waals surface area contributed by atoms with Crippen LogP contribution in [0.25, 0.3) is 11.4 Å². The molecule has 0 amide bonds. The number of aryl methyl sites for hydroxylation is 2. The third-order valence-corrected chi connectivity index (χ3v) is 3.54. The molecule has 3 aromatic rings. The number of methoxy groups -OCH3 is 2. The monoisotopic (exact) mass is 298 g/mol. The summed E-state index contributed by atoms with van der Waals surface area (Å²) in [6.45, 7) is 0.781. The lowest BCUT2D eigenvalue weighted by Crippen LogP contribution is -2.03. The molecule has 0 aliphatic carbocycles. The van der Waals surface area contributed by atoms with Gasteiger partial charge in [-0.1, -0.05) is 6.07 Å². The van der Waals surface area contributed by atoms with E-state index < -0.39 is 0 Å². The van der Waals surface area contributed by atoms with Crippen molar-refractivity contribution in [1.29, 1.82) is 0 Å². The van der Waals surface area contributed by atoms with Crippen LogP contribution in [0.5, 0.6) is 11.5 Å². The van der Waals surface area contributed by atoms with E-state index in [0.29, 0.717) is 11.5 Å². The molecule has 0 N–H and O–H groups in total. The van der Waals surface area contributed by atoms with E-state index >= 15 is 0 Å². The molecule has 0 fully saturated rings. The van der Waals surface area contributed by atoms with Crippen molar-refractivity contribution < 1.29 is 13.9 Å². The van der Waals surface area contributed by atoms with Crippen LogP contribution in [0.4, 0.5) is 0 Å². The summed E-state index contributed by atoms with van der Waals surface area (Å²) in [4.78, 5) is 4.47. The van der Waals surface area contributed by atoms with Crippen molar-refractivity contribution in [3.05, 3.63) is 54.7 Å².